The fourth-order valence-corrected chi connectivity index (χ4v) is 2.04. The molecule has 0 radical (unpaired) electrons. The van der Waals surface area contributed by atoms with Gasteiger partial charge in [0.2, 0.25) is 0 Å². The fraction of sp³-hybridized carbons (Fsp3) is 0.455. The van der Waals surface area contributed by atoms with Crippen molar-refractivity contribution in [3.8, 4) is 0 Å². The summed E-state index contributed by atoms with van der Waals surface area (Å²) >= 11 is 3.21. The Kier molecular flexibility index (Phi) is 4.97. The predicted molar refractivity (Wildman–Crippen MR) is 64.4 cm³/mol. The lowest BCUT2D eigenvalue weighted by molar-refractivity contribution is -0.137. The first-order valence-electron chi connectivity index (χ1n) is 5.18. The summed E-state index contributed by atoms with van der Waals surface area (Å²) in [5.41, 5.74) is 11.0. The van der Waals surface area contributed by atoms with Crippen LogP contribution in [0.15, 0.2) is 22.7 Å². The molecule has 0 unspecified atom stereocenters. The summed E-state index contributed by atoms with van der Waals surface area (Å²) in [4.78, 5) is 0. The van der Waals surface area contributed by atoms with Gasteiger partial charge in [0.25, 0.3) is 0 Å². The maximum atomic E-state index is 12.5. The van der Waals surface area contributed by atoms with Crippen LogP contribution in [-0.2, 0) is 6.18 Å². The summed E-state index contributed by atoms with van der Waals surface area (Å²) in [5.74, 6) is 0. The molecule has 1 aromatic rings. The summed E-state index contributed by atoms with van der Waals surface area (Å²) in [5, 5.41) is 0. The van der Waals surface area contributed by atoms with Gasteiger partial charge in [0, 0.05) is 10.5 Å². The highest BCUT2D eigenvalue weighted by molar-refractivity contribution is 9.10. The van der Waals surface area contributed by atoms with E-state index in [9.17, 15) is 13.2 Å². The molecule has 0 saturated heterocycles. The Labute approximate surface area is 106 Å². The minimum Gasteiger partial charge on any atom is -0.330 e. The third-order valence-corrected chi connectivity index (χ3v) is 3.16. The third-order valence-electron chi connectivity index (χ3n) is 2.44. The Morgan fingerprint density at radius 2 is 1.94 bits per heavy atom. The smallest absolute Gasteiger partial charge is 0.330 e. The molecule has 0 aliphatic carbocycles. The lowest BCUT2D eigenvalue weighted by atomic mass is 10.0. The van der Waals surface area contributed by atoms with E-state index in [1.54, 1.807) is 0 Å². The molecule has 0 spiro atoms. The van der Waals surface area contributed by atoms with Crippen molar-refractivity contribution in [3.63, 3.8) is 0 Å². The Bertz CT molecular complexity index is 379. The maximum absolute atomic E-state index is 12.5. The van der Waals surface area contributed by atoms with Gasteiger partial charge in [0.1, 0.15) is 0 Å². The minimum atomic E-state index is -4.34. The van der Waals surface area contributed by atoms with Crippen molar-refractivity contribution in [2.24, 2.45) is 11.5 Å². The molecule has 6 heteroatoms. The van der Waals surface area contributed by atoms with E-state index >= 15 is 0 Å². The molecule has 17 heavy (non-hydrogen) atoms. The zero-order valence-corrected chi connectivity index (χ0v) is 10.7. The lowest BCUT2D eigenvalue weighted by Crippen LogP contribution is -2.15. The maximum Gasteiger partial charge on any atom is 0.416 e. The van der Waals surface area contributed by atoms with Crippen LogP contribution in [0, 0.1) is 0 Å². The van der Waals surface area contributed by atoms with E-state index in [4.69, 9.17) is 11.5 Å². The molecular formula is C11H14BrF3N2. The first-order chi connectivity index (χ1) is 7.86. The molecule has 0 fully saturated rings. The van der Waals surface area contributed by atoms with E-state index in [1.165, 1.54) is 6.07 Å². The average molecular weight is 311 g/mol. The first kappa shape index (κ1) is 14.5. The predicted octanol–water partition coefficient (Wildman–Crippen LogP) is 3.21. The van der Waals surface area contributed by atoms with Crippen LogP contribution in [0.3, 0.4) is 0 Å². The van der Waals surface area contributed by atoms with Crippen LogP contribution < -0.4 is 11.5 Å². The van der Waals surface area contributed by atoms with E-state index < -0.39 is 17.8 Å². The van der Waals surface area contributed by atoms with Crippen molar-refractivity contribution in [2.45, 2.75) is 25.1 Å². The highest BCUT2D eigenvalue weighted by Gasteiger charge is 2.31. The summed E-state index contributed by atoms with van der Waals surface area (Å²) in [6.45, 7) is 0.476. The van der Waals surface area contributed by atoms with Crippen molar-refractivity contribution in [2.75, 3.05) is 6.54 Å². The quantitative estimate of drug-likeness (QED) is 0.897. The van der Waals surface area contributed by atoms with Crippen LogP contribution in [0.2, 0.25) is 0 Å². The Balaban J connectivity index is 2.98. The monoisotopic (exact) mass is 310 g/mol. The Morgan fingerprint density at radius 3 is 2.47 bits per heavy atom. The number of hydrogen-bond acceptors (Lipinski definition) is 2. The van der Waals surface area contributed by atoms with E-state index in [1.807, 2.05) is 0 Å². The molecule has 1 aromatic carbocycles. The molecule has 0 bridgehead atoms. The highest BCUT2D eigenvalue weighted by atomic mass is 79.9. The van der Waals surface area contributed by atoms with Gasteiger partial charge in [-0.3, -0.25) is 0 Å². The van der Waals surface area contributed by atoms with E-state index in [0.717, 1.165) is 12.1 Å². The molecule has 1 rings (SSSR count). The molecule has 0 heterocycles. The van der Waals surface area contributed by atoms with Gasteiger partial charge in [-0.2, -0.15) is 13.2 Å². The van der Waals surface area contributed by atoms with Crippen LogP contribution in [-0.4, -0.2) is 6.54 Å². The third kappa shape index (κ3) is 3.97. The second-order valence-corrected chi connectivity index (χ2v) is 4.63. The summed E-state index contributed by atoms with van der Waals surface area (Å²) in [6.07, 6.45) is -3.09. The second-order valence-electron chi connectivity index (χ2n) is 3.77. The molecule has 1 atom stereocenters. The molecule has 4 N–H and O–H groups in total. The number of rotatable bonds is 4. The van der Waals surface area contributed by atoms with Gasteiger partial charge in [0.15, 0.2) is 0 Å². The van der Waals surface area contributed by atoms with Crippen molar-refractivity contribution in [1.29, 1.82) is 0 Å². The number of benzene rings is 1. The number of nitrogens with two attached hydrogens (primary N) is 2. The van der Waals surface area contributed by atoms with E-state index in [2.05, 4.69) is 15.9 Å². The Morgan fingerprint density at radius 1 is 1.29 bits per heavy atom. The van der Waals surface area contributed by atoms with Gasteiger partial charge in [-0.05, 0) is 43.1 Å². The topological polar surface area (TPSA) is 52.0 Å². The molecule has 2 nitrogen and oxygen atoms in total. The number of hydrogen-bond donors (Lipinski definition) is 2. The number of alkyl halides is 3. The van der Waals surface area contributed by atoms with Gasteiger partial charge in [-0.25, -0.2) is 0 Å². The SMILES string of the molecule is NCCC[C@@H](N)c1cc(C(F)(F)F)ccc1Br. The van der Waals surface area contributed by atoms with Gasteiger partial charge in [0.05, 0.1) is 5.56 Å². The normalized spacial score (nSPS) is 13.8. The van der Waals surface area contributed by atoms with Crippen molar-refractivity contribution >= 4 is 15.9 Å². The molecule has 0 amide bonds. The average Bonchev–Trinajstić information content (AvgIpc) is 2.24. The van der Waals surface area contributed by atoms with Crippen LogP contribution in [0.25, 0.3) is 0 Å². The molecule has 0 aliphatic rings. The van der Waals surface area contributed by atoms with Crippen LogP contribution in [0.5, 0.6) is 0 Å². The molecule has 0 saturated carbocycles. The van der Waals surface area contributed by atoms with Crippen molar-refractivity contribution in [3.05, 3.63) is 33.8 Å². The molecule has 96 valence electrons. The van der Waals surface area contributed by atoms with Crippen LogP contribution in [0.1, 0.15) is 30.0 Å². The molecule has 0 aromatic heterocycles. The fourth-order valence-electron chi connectivity index (χ4n) is 1.50. The first-order valence-corrected chi connectivity index (χ1v) is 5.98. The summed E-state index contributed by atoms with van der Waals surface area (Å²) in [7, 11) is 0. The van der Waals surface area contributed by atoms with Gasteiger partial charge in [-0.1, -0.05) is 15.9 Å². The molecular weight excluding hydrogens is 297 g/mol. The van der Waals surface area contributed by atoms with Crippen molar-refractivity contribution in [1.82, 2.24) is 0 Å². The Hall–Kier alpha value is -0.590. The second kappa shape index (κ2) is 5.84. The van der Waals surface area contributed by atoms with Crippen molar-refractivity contribution < 1.29 is 13.2 Å². The number of halogens is 4. The molecule has 0 aliphatic heterocycles. The zero-order valence-electron chi connectivity index (χ0n) is 9.10. The standard InChI is InChI=1S/C11H14BrF3N2/c12-9-4-3-7(11(13,14)15)6-8(9)10(17)2-1-5-16/h3-4,6,10H,1-2,5,16-17H2/t10-/m1/s1. The summed E-state index contributed by atoms with van der Waals surface area (Å²) < 4.78 is 38.2. The summed E-state index contributed by atoms with van der Waals surface area (Å²) in [6, 6.07) is 3.06. The van der Waals surface area contributed by atoms with Gasteiger partial charge in [-0.15, -0.1) is 0 Å². The minimum absolute atomic E-state index is 0.435. The largest absolute Gasteiger partial charge is 0.416 e. The van der Waals surface area contributed by atoms with Crippen LogP contribution in [0.4, 0.5) is 13.2 Å². The zero-order chi connectivity index (χ0) is 13.1. The lowest BCUT2D eigenvalue weighted by Gasteiger charge is -2.16. The highest BCUT2D eigenvalue weighted by Crippen LogP contribution is 2.34. The van der Waals surface area contributed by atoms with Crippen LogP contribution >= 0.6 is 15.9 Å². The van der Waals surface area contributed by atoms with E-state index in [0.29, 0.717) is 29.4 Å². The van der Waals surface area contributed by atoms with E-state index in [-0.39, 0.29) is 0 Å². The van der Waals surface area contributed by atoms with Gasteiger partial charge < -0.3 is 11.5 Å². The van der Waals surface area contributed by atoms with Gasteiger partial charge >= 0.3 is 6.18 Å².